The van der Waals surface area contributed by atoms with Crippen LogP contribution in [0, 0.1) is 0 Å². The van der Waals surface area contributed by atoms with Crippen LogP contribution in [-0.4, -0.2) is 36.5 Å². The summed E-state index contributed by atoms with van der Waals surface area (Å²) in [5, 5.41) is 10.8. The summed E-state index contributed by atoms with van der Waals surface area (Å²) in [6.07, 6.45) is 0.342. The molecule has 0 aliphatic carbocycles. The fraction of sp³-hybridized carbons (Fsp3) is 0.353. The first-order chi connectivity index (χ1) is 11.9. The van der Waals surface area contributed by atoms with Gasteiger partial charge in [-0.3, -0.25) is 14.4 Å². The van der Waals surface area contributed by atoms with Crippen molar-refractivity contribution < 1.29 is 14.4 Å². The van der Waals surface area contributed by atoms with Crippen LogP contribution in [0.4, 0.5) is 0 Å². The van der Waals surface area contributed by atoms with Crippen molar-refractivity contribution in [2.45, 2.75) is 32.4 Å². The summed E-state index contributed by atoms with van der Waals surface area (Å²) in [5.74, 6) is -1.03. The minimum atomic E-state index is -0.773. The number of nitrogens with one attached hydrogen (secondary N) is 3. The van der Waals surface area contributed by atoms with E-state index in [1.807, 2.05) is 29.6 Å². The average Bonchev–Trinajstić information content (AvgIpc) is 2.96. The molecule has 1 aromatic carbocycles. The third-order valence-electron chi connectivity index (χ3n) is 3.63. The van der Waals surface area contributed by atoms with Crippen molar-refractivity contribution in [3.63, 3.8) is 0 Å². The number of carbonyl (C=O) groups excluding carboxylic acids is 3. The van der Waals surface area contributed by atoms with Crippen molar-refractivity contribution in [1.29, 1.82) is 0 Å². The van der Waals surface area contributed by atoms with Crippen LogP contribution < -0.4 is 21.7 Å². The zero-order valence-corrected chi connectivity index (χ0v) is 15.0. The van der Waals surface area contributed by atoms with Gasteiger partial charge in [-0.1, -0.05) is 18.2 Å². The van der Waals surface area contributed by atoms with Crippen LogP contribution in [0.2, 0.25) is 0 Å². The summed E-state index contributed by atoms with van der Waals surface area (Å²) in [5.41, 5.74) is 6.57. The SMILES string of the molecule is CC(=O)NCNC(=O)C(Cc1csc2ccccc12)NC(=O)C(C)N. The Morgan fingerprint density at radius 1 is 1.16 bits per heavy atom. The number of carbonyl (C=O) groups is 3. The van der Waals surface area contributed by atoms with Gasteiger partial charge in [-0.15, -0.1) is 11.3 Å². The summed E-state index contributed by atoms with van der Waals surface area (Å²) < 4.78 is 1.12. The number of hydrogen-bond donors (Lipinski definition) is 4. The molecule has 3 amide bonds. The largest absolute Gasteiger partial charge is 0.343 e. The van der Waals surface area contributed by atoms with Crippen LogP contribution in [0.15, 0.2) is 29.6 Å². The molecule has 2 aromatic rings. The Bertz CT molecular complexity index is 772. The molecule has 2 atom stereocenters. The smallest absolute Gasteiger partial charge is 0.244 e. The van der Waals surface area contributed by atoms with Gasteiger partial charge < -0.3 is 21.7 Å². The van der Waals surface area contributed by atoms with Crippen molar-refractivity contribution in [3.8, 4) is 0 Å². The van der Waals surface area contributed by atoms with Crippen LogP contribution >= 0.6 is 11.3 Å². The summed E-state index contributed by atoms with van der Waals surface area (Å²) in [6, 6.07) is 6.40. The number of rotatable bonds is 7. The highest BCUT2D eigenvalue weighted by Crippen LogP contribution is 2.26. The number of hydrogen-bond acceptors (Lipinski definition) is 5. The minimum Gasteiger partial charge on any atom is -0.343 e. The summed E-state index contributed by atoms with van der Waals surface area (Å²) >= 11 is 1.59. The molecule has 5 N–H and O–H groups in total. The normalized spacial score (nSPS) is 13.1. The maximum Gasteiger partial charge on any atom is 0.244 e. The lowest BCUT2D eigenvalue weighted by molar-refractivity contribution is -0.129. The third kappa shape index (κ3) is 5.27. The molecule has 0 aliphatic heterocycles. The van der Waals surface area contributed by atoms with Crippen LogP contribution in [0.5, 0.6) is 0 Å². The fourth-order valence-electron chi connectivity index (χ4n) is 2.30. The maximum atomic E-state index is 12.4. The van der Waals surface area contributed by atoms with Crippen molar-refractivity contribution in [2.75, 3.05) is 6.67 Å². The molecule has 134 valence electrons. The van der Waals surface area contributed by atoms with Gasteiger partial charge in [-0.25, -0.2) is 0 Å². The van der Waals surface area contributed by atoms with E-state index in [0.29, 0.717) is 6.42 Å². The van der Waals surface area contributed by atoms with E-state index < -0.39 is 18.0 Å². The molecule has 0 saturated heterocycles. The second-order valence-electron chi connectivity index (χ2n) is 5.76. The Morgan fingerprint density at radius 3 is 2.56 bits per heavy atom. The van der Waals surface area contributed by atoms with Gasteiger partial charge in [0.05, 0.1) is 12.7 Å². The number of benzene rings is 1. The zero-order valence-electron chi connectivity index (χ0n) is 14.2. The molecule has 1 heterocycles. The van der Waals surface area contributed by atoms with E-state index in [-0.39, 0.29) is 18.5 Å². The molecule has 1 aromatic heterocycles. The molecule has 0 radical (unpaired) electrons. The van der Waals surface area contributed by atoms with Gasteiger partial charge in [-0.2, -0.15) is 0 Å². The van der Waals surface area contributed by atoms with Crippen molar-refractivity contribution in [1.82, 2.24) is 16.0 Å². The predicted molar refractivity (Wildman–Crippen MR) is 97.9 cm³/mol. The third-order valence-corrected chi connectivity index (χ3v) is 4.64. The van der Waals surface area contributed by atoms with E-state index >= 15 is 0 Å². The first kappa shape index (κ1) is 18.9. The Kier molecular flexibility index (Phi) is 6.49. The van der Waals surface area contributed by atoms with Gasteiger partial charge >= 0.3 is 0 Å². The highest BCUT2D eigenvalue weighted by Gasteiger charge is 2.23. The molecule has 2 rings (SSSR count). The van der Waals surface area contributed by atoms with Crippen molar-refractivity contribution >= 4 is 39.1 Å². The lowest BCUT2D eigenvalue weighted by Gasteiger charge is -2.19. The molecule has 2 unspecified atom stereocenters. The van der Waals surface area contributed by atoms with E-state index in [4.69, 9.17) is 5.73 Å². The number of thiophene rings is 1. The first-order valence-electron chi connectivity index (χ1n) is 7.91. The van der Waals surface area contributed by atoms with E-state index in [1.54, 1.807) is 18.3 Å². The van der Waals surface area contributed by atoms with E-state index in [0.717, 1.165) is 15.6 Å². The van der Waals surface area contributed by atoms with Crippen LogP contribution in [0.25, 0.3) is 10.1 Å². The quantitative estimate of drug-likeness (QED) is 0.537. The summed E-state index contributed by atoms with van der Waals surface area (Å²) in [4.78, 5) is 35.3. The summed E-state index contributed by atoms with van der Waals surface area (Å²) in [7, 11) is 0. The molecular weight excluding hydrogens is 340 g/mol. The zero-order chi connectivity index (χ0) is 18.4. The summed E-state index contributed by atoms with van der Waals surface area (Å²) in [6.45, 7) is 2.92. The molecule has 0 fully saturated rings. The highest BCUT2D eigenvalue weighted by atomic mass is 32.1. The Labute approximate surface area is 150 Å². The number of amides is 3. The Morgan fingerprint density at radius 2 is 1.88 bits per heavy atom. The van der Waals surface area contributed by atoms with Gasteiger partial charge in [0.1, 0.15) is 6.04 Å². The van der Waals surface area contributed by atoms with E-state index in [9.17, 15) is 14.4 Å². The Hall–Kier alpha value is -2.45. The molecular formula is C17H22N4O3S. The van der Waals surface area contributed by atoms with Crippen molar-refractivity contribution in [3.05, 3.63) is 35.2 Å². The van der Waals surface area contributed by atoms with Gasteiger partial charge in [0.15, 0.2) is 0 Å². The molecule has 0 saturated carbocycles. The van der Waals surface area contributed by atoms with Crippen LogP contribution in [0.3, 0.4) is 0 Å². The predicted octanol–water partition coefficient (Wildman–Crippen LogP) is 0.486. The lowest BCUT2D eigenvalue weighted by Crippen LogP contribution is -2.53. The second-order valence-corrected chi connectivity index (χ2v) is 6.67. The average molecular weight is 362 g/mol. The molecule has 0 aliphatic rings. The molecule has 7 nitrogen and oxygen atoms in total. The highest BCUT2D eigenvalue weighted by molar-refractivity contribution is 7.17. The van der Waals surface area contributed by atoms with Gasteiger partial charge in [0.2, 0.25) is 17.7 Å². The molecule has 25 heavy (non-hydrogen) atoms. The van der Waals surface area contributed by atoms with Gasteiger partial charge in [-0.05, 0) is 29.3 Å². The fourth-order valence-corrected chi connectivity index (χ4v) is 3.28. The lowest BCUT2D eigenvalue weighted by atomic mass is 10.0. The first-order valence-corrected chi connectivity index (χ1v) is 8.79. The van der Waals surface area contributed by atoms with E-state index in [1.165, 1.54) is 6.92 Å². The van der Waals surface area contributed by atoms with Crippen LogP contribution in [-0.2, 0) is 20.8 Å². The number of fused-ring (bicyclic) bond motifs is 1. The molecule has 0 spiro atoms. The maximum absolute atomic E-state index is 12.4. The Balaban J connectivity index is 2.14. The van der Waals surface area contributed by atoms with Crippen molar-refractivity contribution in [2.24, 2.45) is 5.73 Å². The minimum absolute atomic E-state index is 0.00308. The van der Waals surface area contributed by atoms with Crippen LogP contribution in [0.1, 0.15) is 19.4 Å². The van der Waals surface area contributed by atoms with E-state index in [2.05, 4.69) is 16.0 Å². The molecule has 0 bridgehead atoms. The monoisotopic (exact) mass is 362 g/mol. The topological polar surface area (TPSA) is 113 Å². The standard InChI is InChI=1S/C17H22N4O3S/c1-10(18)16(23)21-14(17(24)20-9-19-11(2)22)7-12-8-25-15-6-4-3-5-13(12)15/h3-6,8,10,14H,7,9,18H2,1-2H3,(H,19,22)(H,20,24)(H,21,23). The van der Waals surface area contributed by atoms with Gasteiger partial charge in [0, 0.05) is 18.0 Å². The second kappa shape index (κ2) is 8.59. The molecule has 8 heteroatoms. The number of nitrogens with two attached hydrogens (primary N) is 1. The van der Waals surface area contributed by atoms with Gasteiger partial charge in [0.25, 0.3) is 0 Å².